The Kier molecular flexibility index (Phi) is 5.29. The number of halogens is 6. The first kappa shape index (κ1) is 18.2. The Morgan fingerprint density at radius 2 is 1.71 bits per heavy atom. The van der Waals surface area contributed by atoms with Gasteiger partial charge in [-0.3, -0.25) is 0 Å². The summed E-state index contributed by atoms with van der Waals surface area (Å²) in [5, 5.41) is 11.1. The highest BCUT2D eigenvalue weighted by molar-refractivity contribution is 7.89. The van der Waals surface area contributed by atoms with Crippen LogP contribution in [-0.2, 0) is 10.0 Å². The highest BCUT2D eigenvalue weighted by Crippen LogP contribution is 2.41. The van der Waals surface area contributed by atoms with Crippen LogP contribution in [0.15, 0.2) is 21.7 Å². The lowest BCUT2D eigenvalue weighted by Crippen LogP contribution is -2.54. The lowest BCUT2D eigenvalue weighted by molar-refractivity contribution is -0.292. The highest BCUT2D eigenvalue weighted by atomic mass is 32.2. The van der Waals surface area contributed by atoms with Crippen LogP contribution in [0.1, 0.15) is 0 Å². The minimum Gasteiger partial charge on any atom is -0.395 e. The van der Waals surface area contributed by atoms with Gasteiger partial charge in [0.25, 0.3) is 0 Å². The summed E-state index contributed by atoms with van der Waals surface area (Å²) in [6.45, 7) is -1.66. The van der Waals surface area contributed by atoms with Crippen LogP contribution >= 0.6 is 11.3 Å². The normalized spacial score (nSPS) is 15.4. The van der Waals surface area contributed by atoms with Crippen LogP contribution in [0.2, 0.25) is 0 Å². The maximum absolute atomic E-state index is 12.5. The van der Waals surface area contributed by atoms with Gasteiger partial charge in [0, 0.05) is 5.38 Å². The van der Waals surface area contributed by atoms with E-state index in [2.05, 4.69) is 0 Å². The van der Waals surface area contributed by atoms with E-state index in [4.69, 9.17) is 5.11 Å². The van der Waals surface area contributed by atoms with E-state index in [0.717, 1.165) is 22.8 Å². The Morgan fingerprint density at radius 1 is 1.19 bits per heavy atom. The molecule has 12 heteroatoms. The molecule has 0 amide bonds. The first-order valence-corrected chi connectivity index (χ1v) is 7.61. The molecule has 0 saturated heterocycles. The van der Waals surface area contributed by atoms with Gasteiger partial charge in [0.1, 0.15) is 0 Å². The lowest BCUT2D eigenvalue weighted by atomic mass is 10.00. The fourth-order valence-corrected chi connectivity index (χ4v) is 3.79. The molecule has 2 N–H and O–H groups in total. The molecule has 1 rings (SSSR count). The standard InChI is InChI=1S/C9H9F6NO3S2/c10-8(11,12)7(9(13,14)15)6(3-17)16-21(18,19)5-1-2-20-4-5/h1-2,4,6-7,16-17H,3H2. The zero-order chi connectivity index (χ0) is 16.5. The number of sulfonamides is 1. The van der Waals surface area contributed by atoms with Crippen molar-refractivity contribution in [3.63, 3.8) is 0 Å². The molecule has 0 spiro atoms. The van der Waals surface area contributed by atoms with Crippen molar-refractivity contribution in [3.8, 4) is 0 Å². The molecule has 0 radical (unpaired) electrons. The van der Waals surface area contributed by atoms with Gasteiger partial charge < -0.3 is 5.11 Å². The van der Waals surface area contributed by atoms with E-state index >= 15 is 0 Å². The Morgan fingerprint density at radius 3 is 2.05 bits per heavy atom. The van der Waals surface area contributed by atoms with Crippen molar-refractivity contribution in [3.05, 3.63) is 16.8 Å². The third kappa shape index (κ3) is 4.56. The van der Waals surface area contributed by atoms with Gasteiger partial charge in [0.2, 0.25) is 10.0 Å². The Bertz CT molecular complexity index is 537. The van der Waals surface area contributed by atoms with Crippen molar-refractivity contribution < 1.29 is 39.9 Å². The molecule has 0 fully saturated rings. The number of hydrogen-bond donors (Lipinski definition) is 2. The summed E-state index contributed by atoms with van der Waals surface area (Å²) >= 11 is 0.895. The molecule has 0 aliphatic rings. The molecule has 1 unspecified atom stereocenters. The summed E-state index contributed by atoms with van der Waals surface area (Å²) < 4.78 is 99.6. The van der Waals surface area contributed by atoms with Crippen LogP contribution in [-0.4, -0.2) is 38.5 Å². The summed E-state index contributed by atoms with van der Waals surface area (Å²) in [7, 11) is -4.59. The first-order chi connectivity index (χ1) is 9.39. The second-order valence-electron chi connectivity index (χ2n) is 3.93. The Balaban J connectivity index is 3.12. The molecule has 0 saturated carbocycles. The van der Waals surface area contributed by atoms with Gasteiger partial charge in [-0.2, -0.15) is 37.7 Å². The third-order valence-corrected chi connectivity index (χ3v) is 4.74. The molecule has 1 aromatic rings. The molecule has 122 valence electrons. The van der Waals surface area contributed by atoms with E-state index in [9.17, 15) is 34.8 Å². The molecule has 0 aliphatic carbocycles. The largest absolute Gasteiger partial charge is 0.402 e. The SMILES string of the molecule is O=S(=O)(NC(CO)C(C(F)(F)F)C(F)(F)F)c1ccsc1. The number of hydrogen-bond acceptors (Lipinski definition) is 4. The van der Waals surface area contributed by atoms with Crippen molar-refractivity contribution in [2.75, 3.05) is 6.61 Å². The summed E-state index contributed by atoms with van der Waals surface area (Å²) in [5.74, 6) is -4.01. The van der Waals surface area contributed by atoms with Crippen LogP contribution in [0.3, 0.4) is 0 Å². The average Bonchev–Trinajstić information content (AvgIpc) is 2.77. The van der Waals surface area contributed by atoms with E-state index in [1.807, 2.05) is 0 Å². The molecule has 1 heterocycles. The number of alkyl halides is 6. The van der Waals surface area contributed by atoms with Crippen LogP contribution in [0, 0.1) is 5.92 Å². The van der Waals surface area contributed by atoms with Gasteiger partial charge >= 0.3 is 12.4 Å². The van der Waals surface area contributed by atoms with Crippen molar-refractivity contribution >= 4 is 21.4 Å². The monoisotopic (exact) mass is 357 g/mol. The van der Waals surface area contributed by atoms with E-state index < -0.39 is 45.8 Å². The molecule has 1 atom stereocenters. The summed E-state index contributed by atoms with van der Waals surface area (Å²) in [6, 6.07) is -1.76. The zero-order valence-electron chi connectivity index (χ0n) is 9.94. The molecule has 0 aromatic carbocycles. The van der Waals surface area contributed by atoms with Gasteiger partial charge in [-0.15, -0.1) is 0 Å². The van der Waals surface area contributed by atoms with Gasteiger partial charge in [0.05, 0.1) is 17.5 Å². The summed E-state index contributed by atoms with van der Waals surface area (Å²) in [6.07, 6.45) is -11.5. The predicted molar refractivity (Wildman–Crippen MR) is 61.1 cm³/mol. The van der Waals surface area contributed by atoms with E-state index in [-0.39, 0.29) is 0 Å². The number of thiophene rings is 1. The van der Waals surface area contributed by atoms with Gasteiger partial charge in [0.15, 0.2) is 5.92 Å². The minimum absolute atomic E-state index is 0.478. The number of aliphatic hydroxyl groups is 1. The predicted octanol–water partition coefficient (Wildman–Crippen LogP) is 2.13. The maximum atomic E-state index is 12.5. The second kappa shape index (κ2) is 6.10. The average molecular weight is 357 g/mol. The molecule has 21 heavy (non-hydrogen) atoms. The zero-order valence-corrected chi connectivity index (χ0v) is 11.6. The number of rotatable bonds is 5. The van der Waals surface area contributed by atoms with Crippen LogP contribution < -0.4 is 4.72 Å². The van der Waals surface area contributed by atoms with Crippen molar-refractivity contribution in [2.24, 2.45) is 5.92 Å². The smallest absolute Gasteiger partial charge is 0.395 e. The molecule has 0 bridgehead atoms. The van der Waals surface area contributed by atoms with Crippen LogP contribution in [0.4, 0.5) is 26.3 Å². The molecular weight excluding hydrogens is 348 g/mol. The van der Waals surface area contributed by atoms with E-state index in [1.54, 1.807) is 0 Å². The first-order valence-electron chi connectivity index (χ1n) is 5.18. The van der Waals surface area contributed by atoms with Gasteiger partial charge in [-0.25, -0.2) is 13.1 Å². The van der Waals surface area contributed by atoms with Gasteiger partial charge in [-0.1, -0.05) is 0 Å². The second-order valence-corrected chi connectivity index (χ2v) is 6.42. The fraction of sp³-hybridized carbons (Fsp3) is 0.556. The van der Waals surface area contributed by atoms with Crippen LogP contribution in [0.5, 0.6) is 0 Å². The van der Waals surface area contributed by atoms with Crippen LogP contribution in [0.25, 0.3) is 0 Å². The number of nitrogens with one attached hydrogen (secondary N) is 1. The van der Waals surface area contributed by atoms with Crippen molar-refractivity contribution in [2.45, 2.75) is 23.3 Å². The number of aliphatic hydroxyl groups excluding tert-OH is 1. The topological polar surface area (TPSA) is 66.4 Å². The van der Waals surface area contributed by atoms with E-state index in [0.29, 0.717) is 0 Å². The Hall–Kier alpha value is -0.850. The highest BCUT2D eigenvalue weighted by Gasteiger charge is 2.60. The van der Waals surface area contributed by atoms with Crippen molar-refractivity contribution in [1.29, 1.82) is 0 Å². The molecule has 0 aliphatic heterocycles. The molecular formula is C9H9F6NO3S2. The van der Waals surface area contributed by atoms with E-state index in [1.165, 1.54) is 10.1 Å². The summed E-state index contributed by atoms with van der Waals surface area (Å²) in [5.41, 5.74) is 0. The third-order valence-electron chi connectivity index (χ3n) is 2.42. The van der Waals surface area contributed by atoms with Crippen molar-refractivity contribution in [1.82, 2.24) is 4.72 Å². The Labute approximate surface area is 119 Å². The van der Waals surface area contributed by atoms with Gasteiger partial charge in [-0.05, 0) is 11.4 Å². The quantitative estimate of drug-likeness (QED) is 0.794. The molecule has 1 aromatic heterocycles. The minimum atomic E-state index is -5.76. The summed E-state index contributed by atoms with van der Waals surface area (Å²) in [4.78, 5) is -0.478. The fourth-order valence-electron chi connectivity index (χ4n) is 1.52. The maximum Gasteiger partial charge on any atom is 0.402 e. The lowest BCUT2D eigenvalue weighted by Gasteiger charge is -2.29. The molecule has 4 nitrogen and oxygen atoms in total.